The standard InChI is InChI=1S/C15H17ClN2OS/c1-2-19-12-7-11(8-18-9-12)14(17)10-20-15-6-4-3-5-13(15)16/h3-9,14H,2,10,17H2,1H3. The van der Waals surface area contributed by atoms with E-state index in [1.165, 1.54) is 0 Å². The van der Waals surface area contributed by atoms with E-state index in [2.05, 4.69) is 4.98 Å². The van der Waals surface area contributed by atoms with Crippen molar-refractivity contribution in [2.75, 3.05) is 12.4 Å². The third-order valence-corrected chi connectivity index (χ3v) is 4.36. The first-order valence-corrected chi connectivity index (χ1v) is 7.77. The highest BCUT2D eigenvalue weighted by atomic mass is 35.5. The van der Waals surface area contributed by atoms with E-state index in [0.717, 1.165) is 27.0 Å². The number of halogens is 1. The Bertz CT molecular complexity index is 565. The fraction of sp³-hybridized carbons (Fsp3) is 0.267. The van der Waals surface area contributed by atoms with Gasteiger partial charge in [0.2, 0.25) is 0 Å². The van der Waals surface area contributed by atoms with Crippen LogP contribution in [0, 0.1) is 0 Å². The van der Waals surface area contributed by atoms with Crippen molar-refractivity contribution in [1.82, 2.24) is 4.98 Å². The lowest BCUT2D eigenvalue weighted by molar-refractivity contribution is 0.338. The van der Waals surface area contributed by atoms with E-state index in [1.807, 2.05) is 37.3 Å². The summed E-state index contributed by atoms with van der Waals surface area (Å²) in [7, 11) is 0. The van der Waals surface area contributed by atoms with Gasteiger partial charge < -0.3 is 10.5 Å². The minimum absolute atomic E-state index is 0.107. The number of aromatic nitrogens is 1. The summed E-state index contributed by atoms with van der Waals surface area (Å²) in [6.45, 7) is 2.56. The maximum atomic E-state index is 6.20. The van der Waals surface area contributed by atoms with Crippen molar-refractivity contribution in [2.24, 2.45) is 5.73 Å². The molecular formula is C15H17ClN2OS. The molecule has 106 valence electrons. The van der Waals surface area contributed by atoms with Gasteiger partial charge in [0.15, 0.2) is 0 Å². The lowest BCUT2D eigenvalue weighted by Gasteiger charge is -2.13. The maximum Gasteiger partial charge on any atom is 0.137 e. The summed E-state index contributed by atoms with van der Waals surface area (Å²) < 4.78 is 5.43. The second kappa shape index (κ2) is 7.53. The number of hydrogen-bond donors (Lipinski definition) is 1. The molecule has 0 spiro atoms. The molecule has 5 heteroatoms. The molecule has 1 atom stereocenters. The van der Waals surface area contributed by atoms with Crippen LogP contribution in [0.2, 0.25) is 5.02 Å². The molecule has 3 nitrogen and oxygen atoms in total. The quantitative estimate of drug-likeness (QED) is 0.822. The summed E-state index contributed by atoms with van der Waals surface area (Å²) in [5.41, 5.74) is 7.17. The predicted octanol–water partition coefficient (Wildman–Crippen LogP) is 3.93. The van der Waals surface area contributed by atoms with Crippen LogP contribution >= 0.6 is 23.4 Å². The molecule has 2 N–H and O–H groups in total. The Balaban J connectivity index is 1.99. The molecule has 0 saturated heterocycles. The average Bonchev–Trinajstić information content (AvgIpc) is 2.47. The number of ether oxygens (including phenoxy) is 1. The topological polar surface area (TPSA) is 48.1 Å². The molecule has 0 radical (unpaired) electrons. The first-order chi connectivity index (χ1) is 9.70. The molecular weight excluding hydrogens is 292 g/mol. The van der Waals surface area contributed by atoms with Crippen LogP contribution in [-0.4, -0.2) is 17.3 Å². The maximum absolute atomic E-state index is 6.20. The molecule has 1 aromatic heterocycles. The summed E-state index contributed by atoms with van der Waals surface area (Å²) in [4.78, 5) is 5.20. The molecule has 0 fully saturated rings. The number of nitrogens with two attached hydrogens (primary N) is 1. The van der Waals surface area contributed by atoms with Crippen molar-refractivity contribution in [3.8, 4) is 5.75 Å². The van der Waals surface area contributed by atoms with Gasteiger partial charge >= 0.3 is 0 Å². The van der Waals surface area contributed by atoms with Crippen molar-refractivity contribution in [1.29, 1.82) is 0 Å². The molecule has 0 aliphatic rings. The molecule has 0 amide bonds. The summed E-state index contributed by atoms with van der Waals surface area (Å²) in [6.07, 6.45) is 3.47. The molecule has 0 aliphatic heterocycles. The van der Waals surface area contributed by atoms with Gasteiger partial charge in [0.05, 0.1) is 17.8 Å². The number of rotatable bonds is 6. The van der Waals surface area contributed by atoms with Gasteiger partial charge in [-0.2, -0.15) is 0 Å². The highest BCUT2D eigenvalue weighted by Gasteiger charge is 2.09. The Kier molecular flexibility index (Phi) is 5.71. The van der Waals surface area contributed by atoms with Crippen molar-refractivity contribution in [2.45, 2.75) is 17.9 Å². The van der Waals surface area contributed by atoms with Crippen LogP contribution in [0.4, 0.5) is 0 Å². The summed E-state index contributed by atoms with van der Waals surface area (Å²) in [5, 5.41) is 0.755. The van der Waals surface area contributed by atoms with Crippen molar-refractivity contribution >= 4 is 23.4 Å². The van der Waals surface area contributed by atoms with E-state index >= 15 is 0 Å². The Morgan fingerprint density at radius 2 is 2.15 bits per heavy atom. The molecule has 2 rings (SSSR count). The van der Waals surface area contributed by atoms with Crippen LogP contribution in [0.5, 0.6) is 5.75 Å². The molecule has 0 aliphatic carbocycles. The van der Waals surface area contributed by atoms with E-state index in [-0.39, 0.29) is 6.04 Å². The van der Waals surface area contributed by atoms with Gasteiger partial charge in [-0.1, -0.05) is 23.7 Å². The van der Waals surface area contributed by atoms with E-state index in [0.29, 0.717) is 6.61 Å². The SMILES string of the molecule is CCOc1cncc(C(N)CSc2ccccc2Cl)c1. The van der Waals surface area contributed by atoms with Gasteiger partial charge in [-0.15, -0.1) is 11.8 Å². The first kappa shape index (κ1) is 15.2. The average molecular weight is 309 g/mol. The fourth-order valence-corrected chi connectivity index (χ4v) is 2.95. The zero-order valence-electron chi connectivity index (χ0n) is 11.3. The Hall–Kier alpha value is -1.23. The van der Waals surface area contributed by atoms with E-state index in [1.54, 1.807) is 24.2 Å². The number of pyridine rings is 1. The monoisotopic (exact) mass is 308 g/mol. The minimum Gasteiger partial charge on any atom is -0.492 e. The zero-order valence-corrected chi connectivity index (χ0v) is 12.8. The molecule has 0 saturated carbocycles. The zero-order chi connectivity index (χ0) is 14.4. The Morgan fingerprint density at radius 3 is 2.90 bits per heavy atom. The predicted molar refractivity (Wildman–Crippen MR) is 84.5 cm³/mol. The molecule has 20 heavy (non-hydrogen) atoms. The Labute approximate surface area is 128 Å². The second-order valence-electron chi connectivity index (χ2n) is 4.23. The molecule has 1 unspecified atom stereocenters. The van der Waals surface area contributed by atoms with Crippen LogP contribution in [0.1, 0.15) is 18.5 Å². The highest BCUT2D eigenvalue weighted by Crippen LogP contribution is 2.29. The Morgan fingerprint density at radius 1 is 1.35 bits per heavy atom. The first-order valence-electron chi connectivity index (χ1n) is 6.41. The van der Waals surface area contributed by atoms with Gasteiger partial charge in [0.1, 0.15) is 5.75 Å². The van der Waals surface area contributed by atoms with Gasteiger partial charge in [-0.25, -0.2) is 0 Å². The van der Waals surface area contributed by atoms with Crippen LogP contribution in [0.15, 0.2) is 47.6 Å². The molecule has 0 bridgehead atoms. The summed E-state index contributed by atoms with van der Waals surface area (Å²) in [6, 6.07) is 9.60. The van der Waals surface area contributed by atoms with E-state index < -0.39 is 0 Å². The minimum atomic E-state index is -0.107. The molecule has 1 aromatic carbocycles. The highest BCUT2D eigenvalue weighted by molar-refractivity contribution is 7.99. The van der Waals surface area contributed by atoms with Crippen LogP contribution in [0.3, 0.4) is 0 Å². The van der Waals surface area contributed by atoms with Gasteiger partial charge in [0.25, 0.3) is 0 Å². The van der Waals surface area contributed by atoms with E-state index in [4.69, 9.17) is 22.1 Å². The number of nitrogens with zero attached hydrogens (tertiary/aromatic N) is 1. The van der Waals surface area contributed by atoms with Crippen molar-refractivity contribution in [3.63, 3.8) is 0 Å². The summed E-state index contributed by atoms with van der Waals surface area (Å²) in [5.74, 6) is 1.49. The van der Waals surface area contributed by atoms with Gasteiger partial charge in [-0.3, -0.25) is 4.98 Å². The number of thioether (sulfide) groups is 1. The number of benzene rings is 1. The van der Waals surface area contributed by atoms with Gasteiger partial charge in [-0.05, 0) is 30.7 Å². The van der Waals surface area contributed by atoms with Crippen LogP contribution < -0.4 is 10.5 Å². The van der Waals surface area contributed by atoms with E-state index in [9.17, 15) is 0 Å². The van der Waals surface area contributed by atoms with Crippen molar-refractivity contribution in [3.05, 3.63) is 53.3 Å². The number of hydrogen-bond acceptors (Lipinski definition) is 4. The lowest BCUT2D eigenvalue weighted by Crippen LogP contribution is -2.13. The van der Waals surface area contributed by atoms with Crippen LogP contribution in [0.25, 0.3) is 0 Å². The van der Waals surface area contributed by atoms with Gasteiger partial charge in [0, 0.05) is 22.9 Å². The third kappa shape index (κ3) is 4.13. The molecule has 1 heterocycles. The second-order valence-corrected chi connectivity index (χ2v) is 5.70. The third-order valence-electron chi connectivity index (χ3n) is 2.73. The normalized spacial score (nSPS) is 12.2. The summed E-state index contributed by atoms with van der Waals surface area (Å²) >= 11 is 7.77. The molecule has 2 aromatic rings. The smallest absolute Gasteiger partial charge is 0.137 e. The van der Waals surface area contributed by atoms with Crippen molar-refractivity contribution < 1.29 is 4.74 Å². The fourth-order valence-electron chi connectivity index (χ4n) is 1.72. The largest absolute Gasteiger partial charge is 0.492 e. The van der Waals surface area contributed by atoms with Crippen LogP contribution in [-0.2, 0) is 0 Å². The lowest BCUT2D eigenvalue weighted by atomic mass is 10.1.